The van der Waals surface area contributed by atoms with E-state index in [9.17, 15) is 4.79 Å². The van der Waals surface area contributed by atoms with Crippen molar-refractivity contribution in [1.29, 1.82) is 0 Å². The molecule has 2 rings (SSSR count). The molecule has 0 fully saturated rings. The number of nitrogen functional groups attached to an aromatic ring is 1. The molecule has 0 amide bonds. The van der Waals surface area contributed by atoms with Crippen molar-refractivity contribution in [2.24, 2.45) is 0 Å². The average molecular weight is 257 g/mol. The van der Waals surface area contributed by atoms with Crippen molar-refractivity contribution < 1.29 is 9.90 Å². The molecule has 0 aromatic carbocycles. The van der Waals surface area contributed by atoms with Gasteiger partial charge in [0.15, 0.2) is 5.65 Å². The molecule has 0 atom stereocenters. The smallest absolute Gasteiger partial charge is 0.341 e. The van der Waals surface area contributed by atoms with E-state index in [0.717, 1.165) is 0 Å². The number of carboxylic acids is 1. The minimum atomic E-state index is -1.12. The molecule has 0 unspecified atom stereocenters. The fourth-order valence-corrected chi connectivity index (χ4v) is 1.45. The standard InChI is InChI=1S/C7H5BrN4O2/c8-4-1-5-10-2-3(7(13)14)6(9)12(5)11-4/h1-2H,9H2,(H,13,14). The van der Waals surface area contributed by atoms with Crippen LogP contribution in [0.4, 0.5) is 5.82 Å². The molecule has 0 radical (unpaired) electrons. The van der Waals surface area contributed by atoms with Crippen LogP contribution in [-0.2, 0) is 0 Å². The molecule has 2 aromatic rings. The molecule has 0 aliphatic rings. The van der Waals surface area contributed by atoms with Crippen LogP contribution in [-0.4, -0.2) is 25.7 Å². The second-order valence-corrected chi connectivity index (χ2v) is 3.41. The van der Waals surface area contributed by atoms with Gasteiger partial charge in [-0.25, -0.2) is 9.78 Å². The van der Waals surface area contributed by atoms with Gasteiger partial charge in [0, 0.05) is 12.3 Å². The van der Waals surface area contributed by atoms with E-state index in [0.29, 0.717) is 10.3 Å². The van der Waals surface area contributed by atoms with Crippen LogP contribution in [0.15, 0.2) is 16.9 Å². The highest BCUT2D eigenvalue weighted by Gasteiger charge is 2.13. The highest BCUT2D eigenvalue weighted by Crippen LogP contribution is 2.16. The van der Waals surface area contributed by atoms with E-state index in [1.165, 1.54) is 10.7 Å². The SMILES string of the molecule is Nc1c(C(=O)O)cnc2cc(Br)nn12. The predicted octanol–water partition coefficient (Wildman–Crippen LogP) is 0.772. The predicted molar refractivity (Wildman–Crippen MR) is 52.1 cm³/mol. The average Bonchev–Trinajstić information content (AvgIpc) is 2.46. The van der Waals surface area contributed by atoms with Crippen LogP contribution in [0.25, 0.3) is 5.65 Å². The number of fused-ring (bicyclic) bond motifs is 1. The topological polar surface area (TPSA) is 93.5 Å². The fourth-order valence-electron chi connectivity index (χ4n) is 1.09. The van der Waals surface area contributed by atoms with Gasteiger partial charge >= 0.3 is 5.97 Å². The third-order valence-electron chi connectivity index (χ3n) is 1.72. The second-order valence-electron chi connectivity index (χ2n) is 2.60. The van der Waals surface area contributed by atoms with Crippen LogP contribution < -0.4 is 5.73 Å². The number of halogens is 1. The van der Waals surface area contributed by atoms with Crippen molar-refractivity contribution >= 4 is 33.4 Å². The Bertz CT molecular complexity index is 522. The minimum absolute atomic E-state index is 0.0619. The highest BCUT2D eigenvalue weighted by molar-refractivity contribution is 9.10. The Morgan fingerprint density at radius 3 is 3.00 bits per heavy atom. The summed E-state index contributed by atoms with van der Waals surface area (Å²) in [6.45, 7) is 0. The van der Waals surface area contributed by atoms with E-state index in [4.69, 9.17) is 10.8 Å². The number of anilines is 1. The maximum Gasteiger partial charge on any atom is 0.341 e. The molecule has 0 bridgehead atoms. The lowest BCUT2D eigenvalue weighted by molar-refractivity contribution is 0.0697. The maximum atomic E-state index is 10.7. The Balaban J connectivity index is 2.80. The van der Waals surface area contributed by atoms with Gasteiger partial charge in [-0.3, -0.25) is 0 Å². The first-order chi connectivity index (χ1) is 6.59. The first-order valence-electron chi connectivity index (χ1n) is 3.62. The molecule has 14 heavy (non-hydrogen) atoms. The molecular formula is C7H5BrN4O2. The van der Waals surface area contributed by atoms with E-state index in [-0.39, 0.29) is 11.4 Å². The largest absolute Gasteiger partial charge is 0.477 e. The summed E-state index contributed by atoms with van der Waals surface area (Å²) in [5.74, 6) is -1.06. The summed E-state index contributed by atoms with van der Waals surface area (Å²) in [5.41, 5.74) is 6.03. The number of hydrogen-bond acceptors (Lipinski definition) is 4. The summed E-state index contributed by atoms with van der Waals surface area (Å²) in [5, 5.41) is 12.7. The molecule has 7 heteroatoms. The van der Waals surface area contributed by atoms with E-state index in [1.54, 1.807) is 6.07 Å². The van der Waals surface area contributed by atoms with Gasteiger partial charge in [-0.15, -0.1) is 0 Å². The van der Waals surface area contributed by atoms with Crippen LogP contribution >= 0.6 is 15.9 Å². The second kappa shape index (κ2) is 2.95. The van der Waals surface area contributed by atoms with Crippen LogP contribution in [0.5, 0.6) is 0 Å². The maximum absolute atomic E-state index is 10.7. The number of aromatic nitrogens is 3. The lowest BCUT2D eigenvalue weighted by Gasteiger charge is -2.01. The van der Waals surface area contributed by atoms with Crippen molar-refractivity contribution in [2.45, 2.75) is 0 Å². The number of aromatic carboxylic acids is 1. The Kier molecular flexibility index (Phi) is 1.88. The van der Waals surface area contributed by atoms with Crippen molar-refractivity contribution in [3.05, 3.63) is 22.4 Å². The van der Waals surface area contributed by atoms with Gasteiger partial charge in [0.2, 0.25) is 0 Å². The van der Waals surface area contributed by atoms with E-state index < -0.39 is 5.97 Å². The lowest BCUT2D eigenvalue weighted by atomic mass is 10.3. The van der Waals surface area contributed by atoms with Crippen molar-refractivity contribution in [3.63, 3.8) is 0 Å². The van der Waals surface area contributed by atoms with Crippen LogP contribution in [0.2, 0.25) is 0 Å². The molecule has 0 saturated heterocycles. The zero-order valence-electron chi connectivity index (χ0n) is 6.81. The number of carbonyl (C=O) groups is 1. The first kappa shape index (κ1) is 8.95. The Morgan fingerprint density at radius 2 is 2.36 bits per heavy atom. The molecule has 0 aliphatic heterocycles. The van der Waals surface area contributed by atoms with Gasteiger partial charge in [-0.1, -0.05) is 0 Å². The van der Waals surface area contributed by atoms with Crippen LogP contribution in [0.3, 0.4) is 0 Å². The van der Waals surface area contributed by atoms with E-state index >= 15 is 0 Å². The number of nitrogens with zero attached hydrogens (tertiary/aromatic N) is 3. The number of nitrogens with two attached hydrogens (primary N) is 1. The highest BCUT2D eigenvalue weighted by atomic mass is 79.9. The summed E-state index contributed by atoms with van der Waals surface area (Å²) in [4.78, 5) is 14.6. The summed E-state index contributed by atoms with van der Waals surface area (Å²) < 4.78 is 1.83. The van der Waals surface area contributed by atoms with Crippen LogP contribution in [0.1, 0.15) is 10.4 Å². The molecule has 0 aliphatic carbocycles. The third kappa shape index (κ3) is 1.22. The molecule has 72 valence electrons. The summed E-state index contributed by atoms with van der Waals surface area (Å²) in [6.07, 6.45) is 1.21. The van der Waals surface area contributed by atoms with Gasteiger partial charge in [0.1, 0.15) is 16.0 Å². The minimum Gasteiger partial charge on any atom is -0.477 e. The lowest BCUT2D eigenvalue weighted by Crippen LogP contribution is -2.09. The number of hydrogen-bond donors (Lipinski definition) is 2. The first-order valence-corrected chi connectivity index (χ1v) is 4.42. The molecule has 6 nitrogen and oxygen atoms in total. The Labute approximate surface area is 86.5 Å². The Hall–Kier alpha value is -1.63. The van der Waals surface area contributed by atoms with Crippen molar-refractivity contribution in [2.75, 3.05) is 5.73 Å². The summed E-state index contributed by atoms with van der Waals surface area (Å²) in [7, 11) is 0. The number of carboxylic acid groups (broad SMARTS) is 1. The molecule has 2 aromatic heterocycles. The Morgan fingerprint density at radius 1 is 1.64 bits per heavy atom. The van der Waals surface area contributed by atoms with Crippen molar-refractivity contribution in [1.82, 2.24) is 14.6 Å². The van der Waals surface area contributed by atoms with E-state index in [1.807, 2.05) is 0 Å². The third-order valence-corrected chi connectivity index (χ3v) is 2.11. The normalized spacial score (nSPS) is 10.6. The van der Waals surface area contributed by atoms with Crippen LogP contribution in [0, 0.1) is 0 Å². The summed E-state index contributed by atoms with van der Waals surface area (Å²) in [6, 6.07) is 1.64. The molecule has 0 saturated carbocycles. The van der Waals surface area contributed by atoms with Gasteiger partial charge in [0.05, 0.1) is 0 Å². The van der Waals surface area contributed by atoms with Gasteiger partial charge in [-0.05, 0) is 15.9 Å². The zero-order chi connectivity index (χ0) is 10.3. The molecule has 2 heterocycles. The van der Waals surface area contributed by atoms with Crippen molar-refractivity contribution in [3.8, 4) is 0 Å². The molecule has 3 N–H and O–H groups in total. The zero-order valence-corrected chi connectivity index (χ0v) is 8.39. The number of rotatable bonds is 1. The fraction of sp³-hybridized carbons (Fsp3) is 0. The molecular weight excluding hydrogens is 252 g/mol. The van der Waals surface area contributed by atoms with E-state index in [2.05, 4.69) is 26.0 Å². The van der Waals surface area contributed by atoms with Gasteiger partial charge in [-0.2, -0.15) is 9.61 Å². The quantitative estimate of drug-likeness (QED) is 0.786. The van der Waals surface area contributed by atoms with Gasteiger partial charge in [0.25, 0.3) is 0 Å². The monoisotopic (exact) mass is 256 g/mol. The van der Waals surface area contributed by atoms with Gasteiger partial charge < -0.3 is 10.8 Å². The molecule has 0 spiro atoms. The summed E-state index contributed by atoms with van der Waals surface area (Å²) >= 11 is 3.15.